The van der Waals surface area contributed by atoms with Crippen molar-refractivity contribution in [3.8, 4) is 5.75 Å². The Bertz CT molecular complexity index is 572. The van der Waals surface area contributed by atoms with E-state index in [0.717, 1.165) is 0 Å². The first-order valence-electron chi connectivity index (χ1n) is 5.48. The molecule has 0 bridgehead atoms. The van der Waals surface area contributed by atoms with Gasteiger partial charge >= 0.3 is 6.18 Å². The van der Waals surface area contributed by atoms with Gasteiger partial charge in [-0.15, -0.1) is 0 Å². The van der Waals surface area contributed by atoms with Gasteiger partial charge in [-0.3, -0.25) is 0 Å². The van der Waals surface area contributed by atoms with Crippen molar-refractivity contribution in [2.24, 2.45) is 0 Å². The molecule has 1 heterocycles. The maximum atomic E-state index is 13.0. The highest BCUT2D eigenvalue weighted by molar-refractivity contribution is 5.82. The second-order valence-electron chi connectivity index (χ2n) is 4.31. The summed E-state index contributed by atoms with van der Waals surface area (Å²) in [5, 5.41) is 0. The Morgan fingerprint density at radius 1 is 1.28 bits per heavy atom. The van der Waals surface area contributed by atoms with Gasteiger partial charge in [0, 0.05) is 5.92 Å². The lowest BCUT2D eigenvalue weighted by Crippen LogP contribution is -2.08. The minimum Gasteiger partial charge on any atom is -0.496 e. The number of hydrogen-bond acceptors (Lipinski definition) is 2. The fourth-order valence-electron chi connectivity index (χ4n) is 1.79. The number of aromatic amines is 1. The largest absolute Gasteiger partial charge is 0.496 e. The van der Waals surface area contributed by atoms with E-state index < -0.39 is 11.7 Å². The summed E-state index contributed by atoms with van der Waals surface area (Å²) in [6.45, 7) is 3.73. The SMILES string of the molecule is COc1ccc2[nH]c(C(C)C)nc2c1C(F)(F)F. The Morgan fingerprint density at radius 2 is 1.94 bits per heavy atom. The van der Waals surface area contributed by atoms with Gasteiger partial charge in [-0.05, 0) is 12.1 Å². The fraction of sp³-hybridized carbons (Fsp3) is 0.417. The average Bonchev–Trinajstić information content (AvgIpc) is 2.69. The van der Waals surface area contributed by atoms with Crippen molar-refractivity contribution in [2.75, 3.05) is 7.11 Å². The molecule has 2 aromatic rings. The third-order valence-electron chi connectivity index (χ3n) is 2.68. The predicted molar refractivity (Wildman–Crippen MR) is 61.7 cm³/mol. The van der Waals surface area contributed by atoms with Gasteiger partial charge in [0.15, 0.2) is 0 Å². The molecule has 0 aliphatic carbocycles. The molecule has 3 nitrogen and oxygen atoms in total. The number of alkyl halides is 3. The Morgan fingerprint density at radius 3 is 2.44 bits per heavy atom. The van der Waals surface area contributed by atoms with E-state index in [1.807, 2.05) is 13.8 Å². The number of H-pyrrole nitrogens is 1. The summed E-state index contributed by atoms with van der Waals surface area (Å²) in [6.07, 6.45) is -4.49. The molecule has 1 aromatic carbocycles. The summed E-state index contributed by atoms with van der Waals surface area (Å²) < 4.78 is 43.9. The normalized spacial score (nSPS) is 12.4. The Balaban J connectivity index is 2.77. The van der Waals surface area contributed by atoms with Crippen LogP contribution < -0.4 is 4.74 Å². The lowest BCUT2D eigenvalue weighted by atomic mass is 10.1. The first kappa shape index (κ1) is 12.7. The van der Waals surface area contributed by atoms with Crippen LogP contribution in [0.2, 0.25) is 0 Å². The van der Waals surface area contributed by atoms with E-state index >= 15 is 0 Å². The lowest BCUT2D eigenvalue weighted by molar-refractivity contribution is -0.137. The Kier molecular flexibility index (Phi) is 2.96. The number of hydrogen-bond donors (Lipinski definition) is 1. The number of nitrogens with zero attached hydrogens (tertiary/aromatic N) is 1. The second-order valence-corrected chi connectivity index (χ2v) is 4.31. The van der Waals surface area contributed by atoms with Crippen LogP contribution in [0.3, 0.4) is 0 Å². The molecule has 0 unspecified atom stereocenters. The number of methoxy groups -OCH3 is 1. The third kappa shape index (κ3) is 2.02. The average molecular weight is 258 g/mol. The zero-order valence-electron chi connectivity index (χ0n) is 10.2. The van der Waals surface area contributed by atoms with E-state index in [0.29, 0.717) is 11.3 Å². The molecule has 2 rings (SSSR count). The van der Waals surface area contributed by atoms with Gasteiger partial charge in [-0.25, -0.2) is 4.98 Å². The van der Waals surface area contributed by atoms with E-state index in [1.54, 1.807) is 6.07 Å². The van der Waals surface area contributed by atoms with Gasteiger partial charge in [0.1, 0.15) is 22.7 Å². The van der Waals surface area contributed by atoms with Crippen LogP contribution in [0.1, 0.15) is 31.2 Å². The molecule has 1 aromatic heterocycles. The smallest absolute Gasteiger partial charge is 0.422 e. The molecular formula is C12H13F3N2O. The van der Waals surface area contributed by atoms with Crippen LogP contribution in [0.15, 0.2) is 12.1 Å². The molecule has 98 valence electrons. The minimum atomic E-state index is -4.49. The first-order valence-corrected chi connectivity index (χ1v) is 5.48. The molecule has 0 saturated carbocycles. The molecule has 1 N–H and O–H groups in total. The van der Waals surface area contributed by atoms with E-state index in [-0.39, 0.29) is 17.2 Å². The van der Waals surface area contributed by atoms with Crippen molar-refractivity contribution < 1.29 is 17.9 Å². The van der Waals surface area contributed by atoms with Gasteiger partial charge < -0.3 is 9.72 Å². The van der Waals surface area contributed by atoms with Gasteiger partial charge in [0.25, 0.3) is 0 Å². The standard InChI is InChI=1S/C12H13F3N2O/c1-6(2)11-16-7-4-5-8(18-3)9(10(7)17-11)12(13,14)15/h4-6H,1-3H3,(H,16,17). The molecule has 0 saturated heterocycles. The Labute approximate surface area is 102 Å². The number of aromatic nitrogens is 2. The molecule has 0 amide bonds. The monoisotopic (exact) mass is 258 g/mol. The van der Waals surface area contributed by atoms with E-state index in [4.69, 9.17) is 4.74 Å². The van der Waals surface area contributed by atoms with Crippen LogP contribution >= 0.6 is 0 Å². The maximum absolute atomic E-state index is 13.0. The number of benzene rings is 1. The molecule has 0 aliphatic rings. The predicted octanol–water partition coefficient (Wildman–Crippen LogP) is 3.71. The summed E-state index contributed by atoms with van der Waals surface area (Å²) in [5.74, 6) is 0.352. The van der Waals surface area contributed by atoms with Gasteiger partial charge in [-0.2, -0.15) is 13.2 Å². The second kappa shape index (κ2) is 4.19. The van der Waals surface area contributed by atoms with Crippen molar-refractivity contribution in [3.05, 3.63) is 23.5 Å². The summed E-state index contributed by atoms with van der Waals surface area (Å²) in [6, 6.07) is 2.84. The molecule has 0 fully saturated rings. The molecule has 0 radical (unpaired) electrons. The number of fused-ring (bicyclic) bond motifs is 1. The van der Waals surface area contributed by atoms with E-state index in [1.165, 1.54) is 13.2 Å². The van der Waals surface area contributed by atoms with Crippen LogP contribution in [-0.4, -0.2) is 17.1 Å². The molecule has 18 heavy (non-hydrogen) atoms. The highest BCUT2D eigenvalue weighted by Crippen LogP contribution is 2.40. The zero-order chi connectivity index (χ0) is 13.5. The summed E-state index contributed by atoms with van der Waals surface area (Å²) >= 11 is 0. The summed E-state index contributed by atoms with van der Waals surface area (Å²) in [5.41, 5.74) is -0.553. The molecule has 0 atom stereocenters. The zero-order valence-corrected chi connectivity index (χ0v) is 10.2. The number of nitrogens with one attached hydrogen (secondary N) is 1. The van der Waals surface area contributed by atoms with Gasteiger partial charge in [0.05, 0.1) is 12.6 Å². The lowest BCUT2D eigenvalue weighted by Gasteiger charge is -2.11. The number of halogens is 3. The third-order valence-corrected chi connectivity index (χ3v) is 2.68. The topological polar surface area (TPSA) is 37.9 Å². The number of rotatable bonds is 2. The van der Waals surface area contributed by atoms with Crippen molar-refractivity contribution in [1.29, 1.82) is 0 Å². The number of imidazole rings is 1. The van der Waals surface area contributed by atoms with Gasteiger partial charge in [-0.1, -0.05) is 13.8 Å². The van der Waals surface area contributed by atoms with Crippen LogP contribution in [-0.2, 0) is 6.18 Å². The van der Waals surface area contributed by atoms with Crippen molar-refractivity contribution in [2.45, 2.75) is 25.9 Å². The minimum absolute atomic E-state index is 0.0319. The summed E-state index contributed by atoms with van der Waals surface area (Å²) in [4.78, 5) is 6.92. The molecule has 6 heteroatoms. The maximum Gasteiger partial charge on any atom is 0.422 e. The van der Waals surface area contributed by atoms with Crippen molar-refractivity contribution in [3.63, 3.8) is 0 Å². The van der Waals surface area contributed by atoms with Crippen molar-refractivity contribution in [1.82, 2.24) is 9.97 Å². The van der Waals surface area contributed by atoms with Crippen LogP contribution in [0.4, 0.5) is 13.2 Å². The quantitative estimate of drug-likeness (QED) is 0.891. The Hall–Kier alpha value is -1.72. The van der Waals surface area contributed by atoms with Gasteiger partial charge in [0.2, 0.25) is 0 Å². The number of ether oxygens (including phenoxy) is 1. The van der Waals surface area contributed by atoms with Crippen LogP contribution in [0, 0.1) is 0 Å². The van der Waals surface area contributed by atoms with Crippen molar-refractivity contribution >= 4 is 11.0 Å². The highest BCUT2D eigenvalue weighted by atomic mass is 19.4. The van der Waals surface area contributed by atoms with E-state index in [2.05, 4.69) is 9.97 Å². The summed E-state index contributed by atoms with van der Waals surface area (Å²) in [7, 11) is 1.21. The van der Waals surface area contributed by atoms with Crippen LogP contribution in [0.5, 0.6) is 5.75 Å². The molecule has 0 spiro atoms. The fourth-order valence-corrected chi connectivity index (χ4v) is 1.79. The van der Waals surface area contributed by atoms with Crippen LogP contribution in [0.25, 0.3) is 11.0 Å². The van der Waals surface area contributed by atoms with E-state index in [9.17, 15) is 13.2 Å². The first-order chi connectivity index (χ1) is 8.34. The molecule has 0 aliphatic heterocycles. The highest BCUT2D eigenvalue weighted by Gasteiger charge is 2.37. The molecular weight excluding hydrogens is 245 g/mol.